The highest BCUT2D eigenvalue weighted by Crippen LogP contribution is 2.30. The smallest absolute Gasteiger partial charge is 0.336 e. The Morgan fingerprint density at radius 2 is 1.84 bits per heavy atom. The molecule has 31 heavy (non-hydrogen) atoms. The van der Waals surface area contributed by atoms with Gasteiger partial charge >= 0.3 is 5.63 Å². The van der Waals surface area contributed by atoms with E-state index in [9.17, 15) is 4.79 Å². The summed E-state index contributed by atoms with van der Waals surface area (Å²) in [6, 6.07) is 13.4. The van der Waals surface area contributed by atoms with Gasteiger partial charge in [-0.3, -0.25) is 0 Å². The number of hydrogen-bond acceptors (Lipinski definition) is 7. The third-order valence-electron chi connectivity index (χ3n) is 5.15. The van der Waals surface area contributed by atoms with Gasteiger partial charge in [-0.1, -0.05) is 37.7 Å². The Kier molecular flexibility index (Phi) is 6.13. The van der Waals surface area contributed by atoms with Crippen molar-refractivity contribution in [1.29, 1.82) is 0 Å². The van der Waals surface area contributed by atoms with Gasteiger partial charge in [0, 0.05) is 17.2 Å². The van der Waals surface area contributed by atoms with Crippen LogP contribution < -0.4 is 10.4 Å². The van der Waals surface area contributed by atoms with E-state index in [0.717, 1.165) is 27.8 Å². The number of thioether (sulfide) groups is 1. The van der Waals surface area contributed by atoms with Crippen LogP contribution in [0.15, 0.2) is 61.3 Å². The summed E-state index contributed by atoms with van der Waals surface area (Å²) in [5.41, 5.74) is 4.57. The van der Waals surface area contributed by atoms with Crippen LogP contribution in [0.2, 0.25) is 0 Å². The van der Waals surface area contributed by atoms with E-state index in [0.29, 0.717) is 34.8 Å². The minimum atomic E-state index is -0.356. The van der Waals surface area contributed by atoms with E-state index in [1.54, 1.807) is 13.2 Å². The van der Waals surface area contributed by atoms with Crippen LogP contribution in [0.5, 0.6) is 5.75 Å². The van der Waals surface area contributed by atoms with Crippen molar-refractivity contribution in [3.63, 3.8) is 0 Å². The number of aryl methyl sites for hydroxylation is 1. The Bertz CT molecular complexity index is 1260. The van der Waals surface area contributed by atoms with Crippen LogP contribution in [0.3, 0.4) is 0 Å². The summed E-state index contributed by atoms with van der Waals surface area (Å²) >= 11 is 1.41. The topological polar surface area (TPSA) is 78.4 Å². The largest absolute Gasteiger partial charge is 0.497 e. The predicted molar refractivity (Wildman–Crippen MR) is 121 cm³/mol. The molecule has 0 fully saturated rings. The van der Waals surface area contributed by atoms with Gasteiger partial charge in [0.25, 0.3) is 5.22 Å². The maximum Gasteiger partial charge on any atom is 0.336 e. The molecule has 0 aliphatic heterocycles. The van der Waals surface area contributed by atoms with E-state index >= 15 is 0 Å². The second-order valence-corrected chi connectivity index (χ2v) is 8.65. The molecule has 0 saturated heterocycles. The number of benzene rings is 2. The van der Waals surface area contributed by atoms with Crippen molar-refractivity contribution >= 4 is 22.7 Å². The Balaban J connectivity index is 1.52. The first-order valence-electron chi connectivity index (χ1n) is 10.1. The molecule has 0 bridgehead atoms. The number of aromatic nitrogens is 2. The van der Waals surface area contributed by atoms with Crippen LogP contribution in [0.1, 0.15) is 47.9 Å². The van der Waals surface area contributed by atoms with E-state index < -0.39 is 0 Å². The zero-order valence-electron chi connectivity index (χ0n) is 18.0. The number of methoxy groups -OCH3 is 1. The van der Waals surface area contributed by atoms with Gasteiger partial charge in [0.2, 0.25) is 5.89 Å². The zero-order chi connectivity index (χ0) is 22.0. The van der Waals surface area contributed by atoms with E-state index in [4.69, 9.17) is 13.6 Å². The van der Waals surface area contributed by atoms with Crippen LogP contribution >= 0.6 is 11.8 Å². The Hall–Kier alpha value is -3.06. The molecule has 2 aromatic carbocycles. The van der Waals surface area contributed by atoms with Gasteiger partial charge in [-0.2, -0.15) is 0 Å². The van der Waals surface area contributed by atoms with Crippen molar-refractivity contribution in [2.45, 2.75) is 44.1 Å². The summed E-state index contributed by atoms with van der Waals surface area (Å²) in [5, 5.41) is 9.71. The molecule has 6 nitrogen and oxygen atoms in total. The van der Waals surface area contributed by atoms with Crippen LogP contribution in [0.4, 0.5) is 0 Å². The fourth-order valence-corrected chi connectivity index (χ4v) is 4.33. The lowest BCUT2D eigenvalue weighted by Gasteiger charge is -2.12. The first kappa shape index (κ1) is 21.2. The second kappa shape index (κ2) is 8.98. The molecule has 0 atom stereocenters. The van der Waals surface area contributed by atoms with E-state index in [1.807, 2.05) is 37.3 Å². The highest BCUT2D eigenvalue weighted by atomic mass is 32.2. The molecular weight excluding hydrogens is 412 g/mol. The summed E-state index contributed by atoms with van der Waals surface area (Å²) in [7, 11) is 1.64. The van der Waals surface area contributed by atoms with Gasteiger partial charge in [-0.05, 0) is 59.4 Å². The summed E-state index contributed by atoms with van der Waals surface area (Å²) in [5.74, 6) is 2.27. The minimum absolute atomic E-state index is 0.356. The van der Waals surface area contributed by atoms with Gasteiger partial charge in [-0.15, -0.1) is 10.2 Å². The monoisotopic (exact) mass is 436 g/mol. The van der Waals surface area contributed by atoms with Gasteiger partial charge in [0.1, 0.15) is 11.3 Å². The fourth-order valence-electron chi connectivity index (χ4n) is 3.56. The predicted octanol–water partition coefficient (Wildman–Crippen LogP) is 5.50. The third kappa shape index (κ3) is 4.82. The summed E-state index contributed by atoms with van der Waals surface area (Å²) < 4.78 is 16.4. The Morgan fingerprint density at radius 1 is 1.06 bits per heavy atom. The number of fused-ring (bicyclic) bond motifs is 1. The third-order valence-corrected chi connectivity index (χ3v) is 6.02. The summed E-state index contributed by atoms with van der Waals surface area (Å²) in [4.78, 5) is 12.1. The quantitative estimate of drug-likeness (QED) is 0.280. The molecule has 0 saturated carbocycles. The maximum atomic E-state index is 12.1. The van der Waals surface area contributed by atoms with Crippen molar-refractivity contribution in [1.82, 2.24) is 10.2 Å². The molecule has 4 aromatic rings. The number of nitrogens with zero attached hydrogens (tertiary/aromatic N) is 2. The van der Waals surface area contributed by atoms with Crippen LogP contribution in [0, 0.1) is 6.92 Å². The molecule has 7 heteroatoms. The standard InChI is InChI=1S/C24H24N2O4S/c1-14(2)19-12-20-17(11-23(27)29-21(20)9-15(19)3)13-31-24-26-25-22(30-24)10-16-5-7-18(28-4)8-6-16/h5-9,11-12,14H,10,13H2,1-4H3. The van der Waals surface area contributed by atoms with Crippen molar-refractivity contribution in [2.75, 3.05) is 7.11 Å². The average molecular weight is 437 g/mol. The van der Waals surface area contributed by atoms with E-state index in [2.05, 4.69) is 30.1 Å². The molecule has 2 heterocycles. The minimum Gasteiger partial charge on any atom is -0.497 e. The molecule has 160 valence electrons. The van der Waals surface area contributed by atoms with Crippen molar-refractivity contribution in [3.8, 4) is 5.75 Å². The van der Waals surface area contributed by atoms with E-state index in [1.165, 1.54) is 17.3 Å². The molecule has 4 rings (SSSR count). The first-order valence-corrected chi connectivity index (χ1v) is 11.1. The molecule has 0 aliphatic carbocycles. The normalized spacial score (nSPS) is 11.4. The molecule has 0 amide bonds. The SMILES string of the molecule is COc1ccc(Cc2nnc(SCc3cc(=O)oc4cc(C)c(C(C)C)cc34)o2)cc1. The first-order chi connectivity index (χ1) is 14.9. The van der Waals surface area contributed by atoms with Crippen molar-refractivity contribution in [3.05, 3.63) is 81.0 Å². The molecule has 0 unspecified atom stereocenters. The Labute approximate surface area is 184 Å². The van der Waals surface area contributed by atoms with Gasteiger partial charge in [-0.25, -0.2) is 4.79 Å². The fraction of sp³-hybridized carbons (Fsp3) is 0.292. The molecule has 0 radical (unpaired) electrons. The molecule has 0 spiro atoms. The summed E-state index contributed by atoms with van der Waals surface area (Å²) in [6.45, 7) is 6.36. The van der Waals surface area contributed by atoms with Crippen LogP contribution in [0.25, 0.3) is 11.0 Å². The summed E-state index contributed by atoms with van der Waals surface area (Å²) in [6.07, 6.45) is 0.548. The second-order valence-electron chi connectivity index (χ2n) is 7.73. The van der Waals surface area contributed by atoms with Crippen molar-refractivity contribution in [2.24, 2.45) is 0 Å². The molecule has 0 N–H and O–H groups in total. The van der Waals surface area contributed by atoms with Crippen molar-refractivity contribution < 1.29 is 13.6 Å². The van der Waals surface area contributed by atoms with Gasteiger partial charge in [0.15, 0.2) is 0 Å². The lowest BCUT2D eigenvalue weighted by Crippen LogP contribution is -2.02. The van der Waals surface area contributed by atoms with Gasteiger partial charge < -0.3 is 13.6 Å². The molecular formula is C24H24N2O4S. The highest BCUT2D eigenvalue weighted by Gasteiger charge is 2.14. The number of ether oxygens (including phenoxy) is 1. The Morgan fingerprint density at radius 3 is 2.55 bits per heavy atom. The van der Waals surface area contributed by atoms with E-state index in [-0.39, 0.29) is 5.63 Å². The lowest BCUT2D eigenvalue weighted by atomic mass is 9.95. The van der Waals surface area contributed by atoms with Crippen LogP contribution in [-0.4, -0.2) is 17.3 Å². The lowest BCUT2D eigenvalue weighted by molar-refractivity contribution is 0.413. The molecule has 2 aromatic heterocycles. The zero-order valence-corrected chi connectivity index (χ0v) is 18.8. The van der Waals surface area contributed by atoms with Gasteiger partial charge in [0.05, 0.1) is 13.5 Å². The van der Waals surface area contributed by atoms with Crippen LogP contribution in [-0.2, 0) is 12.2 Å². The molecule has 0 aliphatic rings. The highest BCUT2D eigenvalue weighted by molar-refractivity contribution is 7.98. The number of rotatable bonds is 7. The average Bonchev–Trinajstić information content (AvgIpc) is 3.19. The number of hydrogen-bond donors (Lipinski definition) is 0. The maximum absolute atomic E-state index is 12.1.